The van der Waals surface area contributed by atoms with Crippen LogP contribution < -0.4 is 19.3 Å². The van der Waals surface area contributed by atoms with Crippen molar-refractivity contribution in [1.29, 1.82) is 0 Å². The zero-order valence-corrected chi connectivity index (χ0v) is 29.3. The van der Waals surface area contributed by atoms with Gasteiger partial charge in [-0.05, 0) is 56.2 Å². The van der Waals surface area contributed by atoms with Crippen LogP contribution in [-0.4, -0.2) is 107 Å². The van der Waals surface area contributed by atoms with Crippen LogP contribution >= 0.6 is 0 Å². The second-order valence-corrected chi connectivity index (χ2v) is 14.2. The first-order valence-electron chi connectivity index (χ1n) is 17.6. The number of alkyl halides is 1. The molecule has 5 heterocycles. The lowest BCUT2D eigenvalue weighted by molar-refractivity contribution is -0.126. The zero-order valence-electron chi connectivity index (χ0n) is 29.3. The van der Waals surface area contributed by atoms with Gasteiger partial charge in [0, 0.05) is 69.9 Å². The van der Waals surface area contributed by atoms with E-state index >= 15 is 4.39 Å². The largest absolute Gasteiger partial charge is 0.508 e. The highest BCUT2D eigenvalue weighted by molar-refractivity contribution is 6.06. The van der Waals surface area contributed by atoms with Crippen molar-refractivity contribution in [3.05, 3.63) is 54.0 Å². The first kappa shape index (κ1) is 35.4. The summed E-state index contributed by atoms with van der Waals surface area (Å²) in [5.41, 5.74) is -0.290. The highest BCUT2D eigenvalue weighted by Crippen LogP contribution is 2.42. The number of fused-ring (bicyclic) bond motifs is 2. The van der Waals surface area contributed by atoms with Crippen molar-refractivity contribution in [1.82, 2.24) is 19.8 Å². The fraction of sp³-hybridized carbons (Fsp3) is 0.474. The summed E-state index contributed by atoms with van der Waals surface area (Å²) >= 11 is 0. The van der Waals surface area contributed by atoms with Gasteiger partial charge in [0.15, 0.2) is 11.6 Å². The fourth-order valence-corrected chi connectivity index (χ4v) is 8.17. The van der Waals surface area contributed by atoms with Crippen LogP contribution in [-0.2, 0) is 16.1 Å². The molecule has 2 amide bonds. The number of carbonyl (C=O) groups excluding carboxylic acids is 2. The Morgan fingerprint density at radius 2 is 2.06 bits per heavy atom. The summed E-state index contributed by atoms with van der Waals surface area (Å²) in [4.78, 5) is 42.8. The normalized spacial score (nSPS) is 23.7. The summed E-state index contributed by atoms with van der Waals surface area (Å²) in [6, 6.07) is 5.44. The van der Waals surface area contributed by atoms with E-state index in [0.29, 0.717) is 38.2 Å². The molecule has 3 aromatic rings. The van der Waals surface area contributed by atoms with E-state index in [1.807, 2.05) is 6.92 Å². The summed E-state index contributed by atoms with van der Waals surface area (Å²) in [7, 11) is 1.78. The number of hydrogen-bond donors (Lipinski definition) is 1. The second-order valence-electron chi connectivity index (χ2n) is 14.2. The van der Waals surface area contributed by atoms with E-state index in [9.17, 15) is 19.1 Å². The minimum absolute atomic E-state index is 0.00414. The van der Waals surface area contributed by atoms with Crippen molar-refractivity contribution < 1.29 is 37.7 Å². The molecule has 274 valence electrons. The lowest BCUT2D eigenvalue weighted by Crippen LogP contribution is -2.52. The average Bonchev–Trinajstić information content (AvgIpc) is 3.72. The van der Waals surface area contributed by atoms with Gasteiger partial charge < -0.3 is 29.1 Å². The molecule has 4 aliphatic rings. The van der Waals surface area contributed by atoms with Crippen LogP contribution in [0.2, 0.25) is 0 Å². The summed E-state index contributed by atoms with van der Waals surface area (Å²) in [5, 5.41) is 11.3. The van der Waals surface area contributed by atoms with Gasteiger partial charge in [0.1, 0.15) is 30.0 Å². The SMILES string of the molecule is C#Cc1c(F)ccc2cc(O)cc(N3Cc4nc(OC[C@]5(C)C[C@@H](F)CN5C5CCOCC5)nc(N(C)C[C@@H]5CCCN5C(=O)C=C)c4OC3=O)c12. The molecule has 0 radical (unpaired) electrons. The Bertz CT molecular complexity index is 1950. The van der Waals surface area contributed by atoms with E-state index in [-0.39, 0.29) is 83.2 Å². The highest BCUT2D eigenvalue weighted by atomic mass is 19.1. The Kier molecular flexibility index (Phi) is 9.67. The van der Waals surface area contributed by atoms with Crippen LogP contribution in [0, 0.1) is 18.2 Å². The van der Waals surface area contributed by atoms with Crippen LogP contribution in [0.25, 0.3) is 10.8 Å². The predicted octanol–water partition coefficient (Wildman–Crippen LogP) is 4.95. The summed E-state index contributed by atoms with van der Waals surface area (Å²) < 4.78 is 47.8. The second kappa shape index (κ2) is 14.2. The lowest BCUT2D eigenvalue weighted by atomic mass is 9.96. The monoisotopic (exact) mass is 716 g/mol. The topological polar surface area (TPSA) is 121 Å². The van der Waals surface area contributed by atoms with Crippen LogP contribution in [0.5, 0.6) is 17.5 Å². The summed E-state index contributed by atoms with van der Waals surface area (Å²) in [5.74, 6) is 1.75. The Morgan fingerprint density at radius 3 is 2.81 bits per heavy atom. The standard InChI is InChI=1S/C38H42F2N6O6/c1-5-28-29(40)10-9-23-16-27(47)17-31(33(23)28)45-21-30-34(52-37(45)49)35(43(4)20-26-8-7-13-44(26)32(48)6-2)42-36(41-30)51-22-38(3)18-24(39)19-46(38)25-11-14-50-15-12-25/h1,6,9-10,16-17,24-26,47H,2,7-8,11-15,18-22H2,3-4H3/t24-,26+,38+/m1/s1. The van der Waals surface area contributed by atoms with Gasteiger partial charge in [-0.2, -0.15) is 9.97 Å². The van der Waals surface area contributed by atoms with Crippen molar-refractivity contribution >= 4 is 34.3 Å². The van der Waals surface area contributed by atoms with Crippen molar-refractivity contribution in [2.75, 3.05) is 56.3 Å². The number of phenols is 1. The fourth-order valence-electron chi connectivity index (χ4n) is 8.17. The van der Waals surface area contributed by atoms with Gasteiger partial charge in [0.05, 0.1) is 23.3 Å². The van der Waals surface area contributed by atoms with E-state index in [0.717, 1.165) is 25.7 Å². The molecule has 3 fully saturated rings. The Labute approximate surface area is 300 Å². The van der Waals surface area contributed by atoms with E-state index in [1.54, 1.807) is 16.8 Å². The number of carbonyl (C=O) groups is 2. The average molecular weight is 717 g/mol. The number of amides is 2. The molecule has 2 aromatic carbocycles. The van der Waals surface area contributed by atoms with E-state index in [4.69, 9.17) is 30.6 Å². The molecule has 52 heavy (non-hydrogen) atoms. The van der Waals surface area contributed by atoms with Gasteiger partial charge in [-0.15, -0.1) is 6.42 Å². The molecular formula is C38H42F2N6O6. The molecule has 12 nitrogen and oxygen atoms in total. The number of likely N-dealkylation sites (N-methyl/N-ethyl adjacent to an activating group) is 1. The molecule has 0 aliphatic carbocycles. The number of phenolic OH excluding ortho intramolecular Hbond substituents is 1. The maximum atomic E-state index is 15.0. The first-order chi connectivity index (χ1) is 25.0. The maximum absolute atomic E-state index is 15.0. The smallest absolute Gasteiger partial charge is 0.420 e. The number of rotatable bonds is 9. The molecule has 0 unspecified atom stereocenters. The lowest BCUT2D eigenvalue weighted by Gasteiger charge is -2.41. The molecule has 1 aromatic heterocycles. The maximum Gasteiger partial charge on any atom is 0.420 e. The molecule has 3 saturated heterocycles. The van der Waals surface area contributed by atoms with Gasteiger partial charge in [0.25, 0.3) is 0 Å². The van der Waals surface area contributed by atoms with Crippen LogP contribution in [0.1, 0.15) is 50.3 Å². The van der Waals surface area contributed by atoms with E-state index in [1.165, 1.54) is 35.2 Å². The molecule has 14 heteroatoms. The number of hydrogen-bond acceptors (Lipinski definition) is 10. The van der Waals surface area contributed by atoms with Gasteiger partial charge >= 0.3 is 12.1 Å². The van der Waals surface area contributed by atoms with Crippen molar-refractivity contribution in [3.63, 3.8) is 0 Å². The van der Waals surface area contributed by atoms with E-state index in [2.05, 4.69) is 17.4 Å². The molecule has 3 atom stereocenters. The molecule has 1 N–H and O–H groups in total. The number of anilines is 2. The van der Waals surface area contributed by atoms with Crippen molar-refractivity contribution in [2.24, 2.45) is 0 Å². The zero-order chi connectivity index (χ0) is 36.7. The number of halogens is 2. The molecule has 0 saturated carbocycles. The number of aromatic nitrogens is 2. The van der Waals surface area contributed by atoms with E-state index < -0.39 is 23.6 Å². The van der Waals surface area contributed by atoms with Gasteiger partial charge in [-0.25, -0.2) is 13.6 Å². The Balaban J connectivity index is 1.25. The first-order valence-corrected chi connectivity index (χ1v) is 17.6. The Morgan fingerprint density at radius 1 is 1.27 bits per heavy atom. The van der Waals surface area contributed by atoms with Crippen LogP contribution in [0.4, 0.5) is 25.1 Å². The van der Waals surface area contributed by atoms with Crippen molar-refractivity contribution in [3.8, 4) is 29.9 Å². The third-order valence-electron chi connectivity index (χ3n) is 10.7. The molecule has 4 aliphatic heterocycles. The van der Waals surface area contributed by atoms with Crippen LogP contribution in [0.15, 0.2) is 36.9 Å². The minimum atomic E-state index is -1.02. The van der Waals surface area contributed by atoms with Crippen LogP contribution in [0.3, 0.4) is 0 Å². The summed E-state index contributed by atoms with van der Waals surface area (Å²) in [6.07, 6.45) is 8.64. The number of likely N-dealkylation sites (tertiary alicyclic amines) is 2. The van der Waals surface area contributed by atoms with Crippen molar-refractivity contribution in [2.45, 2.75) is 69.4 Å². The highest BCUT2D eigenvalue weighted by Gasteiger charge is 2.47. The molecule has 0 spiro atoms. The van der Waals surface area contributed by atoms with Gasteiger partial charge in [-0.3, -0.25) is 14.6 Å². The molecule has 0 bridgehead atoms. The third kappa shape index (κ3) is 6.59. The number of nitrogens with zero attached hydrogens (tertiary/aromatic N) is 6. The molecular weight excluding hydrogens is 674 g/mol. The van der Waals surface area contributed by atoms with Gasteiger partial charge in [0.2, 0.25) is 5.91 Å². The summed E-state index contributed by atoms with van der Waals surface area (Å²) in [6.45, 7) is 8.07. The number of terminal acetylenes is 1. The van der Waals surface area contributed by atoms with Gasteiger partial charge in [-0.1, -0.05) is 18.6 Å². The quantitative estimate of drug-likeness (QED) is 0.241. The third-order valence-corrected chi connectivity index (χ3v) is 10.7. The Hall–Kier alpha value is -5.00. The number of aromatic hydroxyl groups is 1. The number of ether oxygens (including phenoxy) is 3. The minimum Gasteiger partial charge on any atom is -0.508 e. The number of benzene rings is 2. The molecule has 7 rings (SSSR count). The predicted molar refractivity (Wildman–Crippen MR) is 190 cm³/mol.